The van der Waals surface area contributed by atoms with Gasteiger partial charge in [-0.2, -0.15) is 0 Å². The Bertz CT molecular complexity index is 402. The van der Waals surface area contributed by atoms with E-state index in [0.29, 0.717) is 5.41 Å². The van der Waals surface area contributed by atoms with Crippen LogP contribution < -0.4 is 9.88 Å². The summed E-state index contributed by atoms with van der Waals surface area (Å²) in [6.07, 6.45) is 4.74. The van der Waals surface area contributed by atoms with Crippen molar-refractivity contribution in [1.82, 2.24) is 4.98 Å². The van der Waals surface area contributed by atoms with Gasteiger partial charge >= 0.3 is 0 Å². The summed E-state index contributed by atoms with van der Waals surface area (Å²) in [6, 6.07) is 0. The number of fused-ring (bicyclic) bond motifs is 2. The molecule has 0 amide bonds. The van der Waals surface area contributed by atoms with E-state index in [9.17, 15) is 0 Å². The van der Waals surface area contributed by atoms with E-state index < -0.39 is 0 Å². The lowest BCUT2D eigenvalue weighted by molar-refractivity contribution is 0.600. The minimum absolute atomic E-state index is 0.500. The summed E-state index contributed by atoms with van der Waals surface area (Å²) in [4.78, 5) is 4.33. The molecule has 2 heteroatoms. The number of hydrogen-bond acceptors (Lipinski definition) is 2. The summed E-state index contributed by atoms with van der Waals surface area (Å²) in [5, 5.41) is 1.21. The van der Waals surface area contributed by atoms with Crippen molar-refractivity contribution in [2.24, 2.45) is 17.3 Å². The molecule has 0 aromatic carbocycles. The van der Waals surface area contributed by atoms with E-state index in [1.807, 2.05) is 5.51 Å². The Morgan fingerprint density at radius 1 is 1.33 bits per heavy atom. The molecule has 0 aliphatic heterocycles. The van der Waals surface area contributed by atoms with Crippen LogP contribution in [0, 0.1) is 17.3 Å². The van der Waals surface area contributed by atoms with E-state index in [0.717, 1.165) is 11.8 Å². The van der Waals surface area contributed by atoms with Gasteiger partial charge in [-0.05, 0) is 17.3 Å². The molecule has 0 N–H and O–H groups in total. The molecule has 2 aliphatic rings. The SMILES string of the molecule is CC1(C)C2C=c3ncsc3=CC21. The molecule has 62 valence electrons. The predicted octanol–water partition coefficient (Wildman–Crippen LogP) is 0.990. The summed E-state index contributed by atoms with van der Waals surface area (Å²) < 4.78 is 1.38. The first-order valence-corrected chi connectivity index (χ1v) is 5.21. The topological polar surface area (TPSA) is 12.9 Å². The molecule has 0 radical (unpaired) electrons. The van der Waals surface area contributed by atoms with E-state index in [1.54, 1.807) is 11.3 Å². The highest BCUT2D eigenvalue weighted by Crippen LogP contribution is 2.60. The molecule has 3 rings (SSSR count). The first kappa shape index (κ1) is 6.84. The lowest BCUT2D eigenvalue weighted by atomic mass is 10.1. The third-order valence-electron chi connectivity index (χ3n) is 3.29. The Morgan fingerprint density at radius 2 is 2.08 bits per heavy atom. The Kier molecular flexibility index (Phi) is 1.04. The van der Waals surface area contributed by atoms with Crippen LogP contribution >= 0.6 is 11.3 Å². The third kappa shape index (κ3) is 0.667. The van der Waals surface area contributed by atoms with Gasteiger partial charge in [-0.1, -0.05) is 26.0 Å². The lowest BCUT2D eigenvalue weighted by Gasteiger charge is -1.94. The normalized spacial score (nSPS) is 34.2. The number of nitrogens with zero attached hydrogens (tertiary/aromatic N) is 1. The third-order valence-corrected chi connectivity index (χ3v) is 4.10. The second-order valence-electron chi connectivity index (χ2n) is 4.31. The van der Waals surface area contributed by atoms with Gasteiger partial charge in [0.2, 0.25) is 0 Å². The molecular formula is C10H11NS. The quantitative estimate of drug-likeness (QED) is 0.576. The van der Waals surface area contributed by atoms with Gasteiger partial charge in [-0.3, -0.25) is 0 Å². The number of aromatic nitrogens is 1. The molecule has 2 aliphatic carbocycles. The van der Waals surface area contributed by atoms with Crippen molar-refractivity contribution in [3.05, 3.63) is 15.4 Å². The van der Waals surface area contributed by atoms with Crippen molar-refractivity contribution in [2.75, 3.05) is 0 Å². The molecule has 0 saturated heterocycles. The van der Waals surface area contributed by atoms with Gasteiger partial charge in [-0.15, -0.1) is 11.3 Å². The second-order valence-corrected chi connectivity index (χ2v) is 5.19. The van der Waals surface area contributed by atoms with Gasteiger partial charge < -0.3 is 0 Å². The molecular weight excluding hydrogens is 166 g/mol. The van der Waals surface area contributed by atoms with Crippen molar-refractivity contribution in [3.8, 4) is 0 Å². The van der Waals surface area contributed by atoms with Gasteiger partial charge in [0.15, 0.2) is 0 Å². The predicted molar refractivity (Wildman–Crippen MR) is 51.1 cm³/mol. The van der Waals surface area contributed by atoms with Crippen molar-refractivity contribution in [2.45, 2.75) is 13.8 Å². The summed E-state index contributed by atoms with van der Waals surface area (Å²) >= 11 is 1.76. The molecule has 2 atom stereocenters. The fraction of sp³-hybridized carbons (Fsp3) is 0.500. The van der Waals surface area contributed by atoms with Crippen molar-refractivity contribution in [1.29, 1.82) is 0 Å². The lowest BCUT2D eigenvalue weighted by Crippen LogP contribution is -2.23. The summed E-state index contributed by atoms with van der Waals surface area (Å²) in [5.41, 5.74) is 2.44. The molecule has 1 aromatic rings. The Morgan fingerprint density at radius 3 is 2.92 bits per heavy atom. The van der Waals surface area contributed by atoms with Gasteiger partial charge in [0.1, 0.15) is 0 Å². The maximum absolute atomic E-state index is 4.33. The van der Waals surface area contributed by atoms with Crippen LogP contribution in [0.15, 0.2) is 5.51 Å². The monoisotopic (exact) mass is 177 g/mol. The highest BCUT2D eigenvalue weighted by atomic mass is 32.1. The van der Waals surface area contributed by atoms with Crippen molar-refractivity contribution < 1.29 is 0 Å². The van der Waals surface area contributed by atoms with Gasteiger partial charge in [-0.25, -0.2) is 4.98 Å². The molecule has 1 aromatic heterocycles. The standard InChI is InChI=1S/C10H11NS/c1-10(2)6-3-8-9(4-7(6)10)12-5-11-8/h3-7H,1-2H3. The van der Waals surface area contributed by atoms with E-state index >= 15 is 0 Å². The molecule has 12 heavy (non-hydrogen) atoms. The molecule has 2 unspecified atom stereocenters. The van der Waals surface area contributed by atoms with Crippen LogP contribution in [0.3, 0.4) is 0 Å². The fourth-order valence-corrected chi connectivity index (χ4v) is 2.95. The number of hydrogen-bond donors (Lipinski definition) is 0. The van der Waals surface area contributed by atoms with Crippen LogP contribution in [0.5, 0.6) is 0 Å². The second kappa shape index (κ2) is 1.82. The van der Waals surface area contributed by atoms with E-state index in [1.165, 1.54) is 9.88 Å². The fourth-order valence-electron chi connectivity index (χ4n) is 2.20. The van der Waals surface area contributed by atoms with Gasteiger partial charge in [0, 0.05) is 0 Å². The molecule has 1 saturated carbocycles. The summed E-state index contributed by atoms with van der Waals surface area (Å²) in [6.45, 7) is 4.68. The first-order chi connectivity index (χ1) is 5.69. The summed E-state index contributed by atoms with van der Waals surface area (Å²) in [5.74, 6) is 1.54. The van der Waals surface area contributed by atoms with Crippen LogP contribution in [0.1, 0.15) is 13.8 Å². The zero-order chi connectivity index (χ0) is 8.34. The highest BCUT2D eigenvalue weighted by Gasteiger charge is 2.55. The molecule has 1 nitrogen and oxygen atoms in total. The van der Waals surface area contributed by atoms with Crippen LogP contribution in [0.4, 0.5) is 0 Å². The average Bonchev–Trinajstić information content (AvgIpc) is 2.50. The number of rotatable bonds is 0. The maximum atomic E-state index is 4.33. The minimum atomic E-state index is 0.500. The zero-order valence-electron chi connectivity index (χ0n) is 7.24. The van der Waals surface area contributed by atoms with Gasteiger partial charge in [0.05, 0.1) is 15.4 Å². The number of thiazole rings is 1. The Labute approximate surface area is 75.5 Å². The largest absolute Gasteiger partial charge is 0.245 e. The average molecular weight is 177 g/mol. The molecule has 0 bridgehead atoms. The van der Waals surface area contributed by atoms with Crippen LogP contribution in [0.2, 0.25) is 0 Å². The molecule has 1 fully saturated rings. The van der Waals surface area contributed by atoms with Crippen molar-refractivity contribution in [3.63, 3.8) is 0 Å². The smallest absolute Gasteiger partial charge is 0.0805 e. The van der Waals surface area contributed by atoms with Crippen molar-refractivity contribution >= 4 is 23.5 Å². The van der Waals surface area contributed by atoms with E-state index in [2.05, 4.69) is 31.0 Å². The highest BCUT2D eigenvalue weighted by molar-refractivity contribution is 7.07. The maximum Gasteiger partial charge on any atom is 0.0805 e. The Hall–Kier alpha value is -0.630. The Balaban J connectivity index is 2.26. The first-order valence-electron chi connectivity index (χ1n) is 4.33. The summed E-state index contributed by atoms with van der Waals surface area (Å²) in [7, 11) is 0. The molecule has 0 spiro atoms. The van der Waals surface area contributed by atoms with E-state index in [-0.39, 0.29) is 0 Å². The zero-order valence-corrected chi connectivity index (χ0v) is 8.06. The van der Waals surface area contributed by atoms with Gasteiger partial charge in [0.25, 0.3) is 0 Å². The molecule has 1 heterocycles. The van der Waals surface area contributed by atoms with Crippen LogP contribution in [0.25, 0.3) is 12.2 Å². The van der Waals surface area contributed by atoms with E-state index in [4.69, 9.17) is 0 Å². The van der Waals surface area contributed by atoms with Crippen LogP contribution in [-0.2, 0) is 0 Å². The minimum Gasteiger partial charge on any atom is -0.245 e. The van der Waals surface area contributed by atoms with Crippen LogP contribution in [-0.4, -0.2) is 4.98 Å².